The number of hydrogen-bond donors (Lipinski definition) is 2. The average molecular weight is 224 g/mol. The van der Waals surface area contributed by atoms with E-state index in [1.165, 1.54) is 71.0 Å². The van der Waals surface area contributed by atoms with Crippen LogP contribution in [0.25, 0.3) is 0 Å². The molecule has 2 N–H and O–H groups in total. The minimum absolute atomic E-state index is 0.459. The minimum Gasteiger partial charge on any atom is -0.316 e. The van der Waals surface area contributed by atoms with Gasteiger partial charge in [-0.05, 0) is 64.6 Å². The summed E-state index contributed by atoms with van der Waals surface area (Å²) in [6, 6.07) is 0. The van der Waals surface area contributed by atoms with E-state index in [4.69, 9.17) is 0 Å². The van der Waals surface area contributed by atoms with Crippen molar-refractivity contribution in [2.45, 2.75) is 63.8 Å². The Balaban J connectivity index is 1.62. The van der Waals surface area contributed by atoms with Crippen LogP contribution in [0.5, 0.6) is 0 Å². The van der Waals surface area contributed by atoms with Gasteiger partial charge in [-0.1, -0.05) is 19.3 Å². The highest BCUT2D eigenvalue weighted by molar-refractivity contribution is 4.86. The first-order valence-electron chi connectivity index (χ1n) is 7.24. The molecule has 1 aliphatic carbocycles. The van der Waals surface area contributed by atoms with Crippen molar-refractivity contribution >= 4 is 0 Å². The molecule has 0 bridgehead atoms. The first-order chi connectivity index (χ1) is 7.79. The van der Waals surface area contributed by atoms with E-state index in [1.807, 2.05) is 0 Å². The van der Waals surface area contributed by atoms with Gasteiger partial charge in [0.2, 0.25) is 0 Å². The summed E-state index contributed by atoms with van der Waals surface area (Å²) in [4.78, 5) is 0. The Morgan fingerprint density at radius 2 is 2.00 bits per heavy atom. The first-order valence-corrected chi connectivity index (χ1v) is 7.24. The van der Waals surface area contributed by atoms with Gasteiger partial charge in [-0.3, -0.25) is 0 Å². The van der Waals surface area contributed by atoms with E-state index in [0.717, 1.165) is 5.92 Å². The van der Waals surface area contributed by atoms with Crippen LogP contribution in [0.15, 0.2) is 0 Å². The van der Waals surface area contributed by atoms with Crippen LogP contribution in [0.4, 0.5) is 0 Å². The van der Waals surface area contributed by atoms with Crippen LogP contribution in [-0.2, 0) is 0 Å². The molecule has 0 aromatic carbocycles. The fraction of sp³-hybridized carbons (Fsp3) is 1.00. The smallest absolute Gasteiger partial charge is 0.0153 e. The Kier molecular flexibility index (Phi) is 4.66. The molecule has 0 aromatic heterocycles. The quantitative estimate of drug-likeness (QED) is 0.767. The van der Waals surface area contributed by atoms with E-state index < -0.39 is 0 Å². The summed E-state index contributed by atoms with van der Waals surface area (Å²) in [5, 5.41) is 7.32. The van der Waals surface area contributed by atoms with Crippen molar-refractivity contribution in [2.24, 2.45) is 5.92 Å². The van der Waals surface area contributed by atoms with Crippen LogP contribution < -0.4 is 10.6 Å². The Bertz CT molecular complexity index is 191. The molecule has 2 fully saturated rings. The van der Waals surface area contributed by atoms with E-state index >= 15 is 0 Å². The van der Waals surface area contributed by atoms with E-state index in [2.05, 4.69) is 17.6 Å². The zero-order chi connectivity index (χ0) is 11.3. The average Bonchev–Trinajstić information content (AvgIpc) is 2.31. The fourth-order valence-electron chi connectivity index (χ4n) is 3.26. The molecule has 1 saturated heterocycles. The Labute approximate surface area is 101 Å². The second-order valence-corrected chi connectivity index (χ2v) is 6.05. The summed E-state index contributed by atoms with van der Waals surface area (Å²) < 4.78 is 0. The lowest BCUT2D eigenvalue weighted by Gasteiger charge is -2.35. The van der Waals surface area contributed by atoms with Gasteiger partial charge >= 0.3 is 0 Å². The van der Waals surface area contributed by atoms with Crippen molar-refractivity contribution < 1.29 is 0 Å². The van der Waals surface area contributed by atoms with Gasteiger partial charge in [0.15, 0.2) is 0 Å². The predicted molar refractivity (Wildman–Crippen MR) is 69.7 cm³/mol. The maximum Gasteiger partial charge on any atom is 0.0153 e. The van der Waals surface area contributed by atoms with E-state index in [9.17, 15) is 0 Å². The zero-order valence-electron chi connectivity index (χ0n) is 10.9. The fourth-order valence-corrected chi connectivity index (χ4v) is 3.26. The molecular formula is C14H28N2. The van der Waals surface area contributed by atoms with Crippen LogP contribution in [-0.4, -0.2) is 25.2 Å². The molecular weight excluding hydrogens is 196 g/mol. The molecule has 1 saturated carbocycles. The molecule has 94 valence electrons. The number of rotatable bonds is 4. The van der Waals surface area contributed by atoms with Crippen LogP contribution in [0, 0.1) is 5.92 Å². The third-order valence-electron chi connectivity index (χ3n) is 4.46. The highest BCUT2D eigenvalue weighted by Crippen LogP contribution is 2.27. The van der Waals surface area contributed by atoms with E-state index in [0.29, 0.717) is 5.54 Å². The minimum atomic E-state index is 0.459. The maximum absolute atomic E-state index is 3.82. The van der Waals surface area contributed by atoms with Gasteiger partial charge in [-0.15, -0.1) is 0 Å². The second-order valence-electron chi connectivity index (χ2n) is 6.05. The molecule has 2 heteroatoms. The summed E-state index contributed by atoms with van der Waals surface area (Å²) in [6.45, 7) is 6.13. The molecule has 2 aliphatic rings. The highest BCUT2D eigenvalue weighted by Gasteiger charge is 2.25. The monoisotopic (exact) mass is 224 g/mol. The summed E-state index contributed by atoms with van der Waals surface area (Å²) in [5.74, 6) is 0.924. The Hall–Kier alpha value is -0.0800. The van der Waals surface area contributed by atoms with Gasteiger partial charge in [-0.25, -0.2) is 0 Å². The van der Waals surface area contributed by atoms with Crippen molar-refractivity contribution in [2.75, 3.05) is 19.6 Å². The van der Waals surface area contributed by atoms with Gasteiger partial charge < -0.3 is 10.6 Å². The first kappa shape index (κ1) is 12.4. The topological polar surface area (TPSA) is 24.1 Å². The second kappa shape index (κ2) is 6.02. The zero-order valence-corrected chi connectivity index (χ0v) is 10.9. The molecule has 1 heterocycles. The summed E-state index contributed by atoms with van der Waals surface area (Å²) >= 11 is 0. The molecule has 0 spiro atoms. The molecule has 1 aliphatic heterocycles. The Morgan fingerprint density at radius 1 is 1.19 bits per heavy atom. The van der Waals surface area contributed by atoms with Crippen LogP contribution in [0.1, 0.15) is 58.3 Å². The third-order valence-corrected chi connectivity index (χ3v) is 4.46. The Morgan fingerprint density at radius 3 is 2.69 bits per heavy atom. The lowest BCUT2D eigenvalue weighted by atomic mass is 9.83. The van der Waals surface area contributed by atoms with Gasteiger partial charge in [0, 0.05) is 5.54 Å². The van der Waals surface area contributed by atoms with Gasteiger partial charge in [-0.2, -0.15) is 0 Å². The van der Waals surface area contributed by atoms with Crippen molar-refractivity contribution in [3.8, 4) is 0 Å². The molecule has 1 atom stereocenters. The van der Waals surface area contributed by atoms with Gasteiger partial charge in [0.05, 0.1) is 0 Å². The van der Waals surface area contributed by atoms with E-state index in [-0.39, 0.29) is 0 Å². The molecule has 0 amide bonds. The molecule has 0 radical (unpaired) electrons. The third kappa shape index (κ3) is 3.74. The van der Waals surface area contributed by atoms with Crippen molar-refractivity contribution in [3.05, 3.63) is 0 Å². The predicted octanol–water partition coefficient (Wildman–Crippen LogP) is 2.69. The molecule has 2 nitrogen and oxygen atoms in total. The standard InChI is InChI=1S/C14H28N2/c1-14(8-3-2-4-9-14)16-11-7-13-6-5-10-15-12-13/h13,15-16H,2-12H2,1H3. The van der Waals surface area contributed by atoms with Crippen molar-refractivity contribution in [1.82, 2.24) is 10.6 Å². The number of nitrogens with one attached hydrogen (secondary N) is 2. The molecule has 16 heavy (non-hydrogen) atoms. The summed E-state index contributed by atoms with van der Waals surface area (Å²) in [5.41, 5.74) is 0.459. The van der Waals surface area contributed by atoms with Crippen LogP contribution in [0.3, 0.4) is 0 Å². The normalized spacial score (nSPS) is 30.2. The summed E-state index contributed by atoms with van der Waals surface area (Å²) in [6.07, 6.45) is 11.2. The van der Waals surface area contributed by atoms with Gasteiger partial charge in [0.25, 0.3) is 0 Å². The molecule has 1 unspecified atom stereocenters. The SMILES string of the molecule is CC1(NCCC2CCCNC2)CCCCC1. The molecule has 0 aromatic rings. The number of piperidine rings is 1. The van der Waals surface area contributed by atoms with Gasteiger partial charge in [0.1, 0.15) is 0 Å². The number of hydrogen-bond acceptors (Lipinski definition) is 2. The van der Waals surface area contributed by atoms with Crippen molar-refractivity contribution in [3.63, 3.8) is 0 Å². The highest BCUT2D eigenvalue weighted by atomic mass is 15.0. The lowest BCUT2D eigenvalue weighted by Crippen LogP contribution is -2.45. The molecule has 2 rings (SSSR count). The van der Waals surface area contributed by atoms with Crippen LogP contribution >= 0.6 is 0 Å². The largest absolute Gasteiger partial charge is 0.316 e. The summed E-state index contributed by atoms with van der Waals surface area (Å²) in [7, 11) is 0. The lowest BCUT2D eigenvalue weighted by molar-refractivity contribution is 0.242. The van der Waals surface area contributed by atoms with Crippen molar-refractivity contribution in [1.29, 1.82) is 0 Å². The maximum atomic E-state index is 3.82. The van der Waals surface area contributed by atoms with Crippen LogP contribution in [0.2, 0.25) is 0 Å². The van der Waals surface area contributed by atoms with E-state index in [1.54, 1.807) is 0 Å².